The lowest BCUT2D eigenvalue weighted by Gasteiger charge is -2.34. The molecule has 1 saturated carbocycles. The number of hydrogen-bond acceptors (Lipinski definition) is 2. The molecule has 0 spiro atoms. The smallest absolute Gasteiger partial charge is 0.140 e. The summed E-state index contributed by atoms with van der Waals surface area (Å²) in [5, 5.41) is 12.7. The maximum Gasteiger partial charge on any atom is 0.140 e. The number of aliphatic hydroxyl groups is 1. The number of carbonyl (C=O) groups is 1. The van der Waals surface area contributed by atoms with Crippen molar-refractivity contribution in [3.63, 3.8) is 0 Å². The Labute approximate surface area is 251 Å². The number of benzene rings is 4. The van der Waals surface area contributed by atoms with Crippen LogP contribution in [0.4, 0.5) is 0 Å². The number of carbonyl (C=O) groups excluding carboxylic acids is 1. The molecule has 2 nitrogen and oxygen atoms in total. The molecule has 2 unspecified atom stereocenters. The zero-order valence-electron chi connectivity index (χ0n) is 24.4. The van der Waals surface area contributed by atoms with Crippen molar-refractivity contribution in [1.82, 2.24) is 0 Å². The van der Waals surface area contributed by atoms with E-state index in [2.05, 4.69) is 73.8 Å². The van der Waals surface area contributed by atoms with Crippen LogP contribution in [-0.2, 0) is 4.79 Å². The molecule has 0 amide bonds. The van der Waals surface area contributed by atoms with Crippen LogP contribution >= 0.6 is 0 Å². The molecule has 214 valence electrons. The van der Waals surface area contributed by atoms with Gasteiger partial charge in [0.2, 0.25) is 0 Å². The molecule has 5 rings (SSSR count). The first kappa shape index (κ1) is 29.5. The highest BCUT2D eigenvalue weighted by Crippen LogP contribution is 2.57. The van der Waals surface area contributed by atoms with Crippen LogP contribution in [0.3, 0.4) is 0 Å². The van der Waals surface area contributed by atoms with Crippen LogP contribution in [0.25, 0.3) is 0 Å². The van der Waals surface area contributed by atoms with E-state index < -0.39 is 11.5 Å². The molecule has 0 heterocycles. The highest BCUT2D eigenvalue weighted by Gasteiger charge is 2.56. The largest absolute Gasteiger partial charge is 0.389 e. The van der Waals surface area contributed by atoms with Gasteiger partial charge in [-0.05, 0) is 59.8 Å². The molecule has 1 N–H and O–H groups in total. The Morgan fingerprint density at radius 2 is 1.31 bits per heavy atom. The molecule has 0 aliphatic heterocycles. The predicted molar refractivity (Wildman–Crippen MR) is 174 cm³/mol. The van der Waals surface area contributed by atoms with E-state index in [1.807, 2.05) is 72.8 Å². The maximum atomic E-state index is 14.6. The van der Waals surface area contributed by atoms with Crippen LogP contribution < -0.4 is 0 Å². The van der Waals surface area contributed by atoms with E-state index in [0.717, 1.165) is 17.5 Å². The second kappa shape index (κ2) is 13.8. The van der Waals surface area contributed by atoms with E-state index in [-0.39, 0.29) is 29.5 Å². The molecule has 4 aromatic rings. The zero-order chi connectivity index (χ0) is 29.4. The average Bonchev–Trinajstić information content (AvgIpc) is 3.36. The molecule has 0 saturated heterocycles. The van der Waals surface area contributed by atoms with Crippen LogP contribution in [0.15, 0.2) is 147 Å². The minimum absolute atomic E-state index is 0.0258. The molecule has 6 atom stereocenters. The highest BCUT2D eigenvalue weighted by atomic mass is 16.3. The fourth-order valence-electron chi connectivity index (χ4n) is 7.24. The maximum absolute atomic E-state index is 14.6. The fourth-order valence-corrected chi connectivity index (χ4v) is 7.24. The van der Waals surface area contributed by atoms with Gasteiger partial charge in [0.1, 0.15) is 5.78 Å². The van der Waals surface area contributed by atoms with Gasteiger partial charge in [0.05, 0.1) is 11.5 Å². The van der Waals surface area contributed by atoms with E-state index in [9.17, 15) is 9.90 Å². The molecule has 0 bridgehead atoms. The van der Waals surface area contributed by atoms with Crippen LogP contribution in [-0.4, -0.2) is 16.5 Å². The van der Waals surface area contributed by atoms with E-state index in [0.29, 0.717) is 25.7 Å². The van der Waals surface area contributed by atoms with Gasteiger partial charge in [0.15, 0.2) is 0 Å². The van der Waals surface area contributed by atoms with Crippen molar-refractivity contribution in [1.29, 1.82) is 0 Å². The lowest BCUT2D eigenvalue weighted by molar-refractivity contribution is -0.132. The molecule has 0 radical (unpaired) electrons. The molecule has 0 aromatic heterocycles. The molecule has 42 heavy (non-hydrogen) atoms. The van der Waals surface area contributed by atoms with Gasteiger partial charge in [-0.2, -0.15) is 0 Å². The molecule has 1 aliphatic carbocycles. The third-order valence-corrected chi connectivity index (χ3v) is 9.27. The SMILES string of the molecule is C=CCC(CC(=O)[C@H]1[C@H](c2ccccc2)[C@@H](c2ccccc2)C[C@@]1(O)CCC(C=C)c1ccccc1)c1ccccc1. The Kier molecular flexibility index (Phi) is 9.66. The van der Waals surface area contributed by atoms with Gasteiger partial charge in [-0.25, -0.2) is 0 Å². The lowest BCUT2D eigenvalue weighted by Crippen LogP contribution is -2.41. The van der Waals surface area contributed by atoms with Crippen LogP contribution in [0.1, 0.15) is 78.0 Å². The van der Waals surface area contributed by atoms with Crippen molar-refractivity contribution in [3.05, 3.63) is 169 Å². The Balaban J connectivity index is 1.54. The highest BCUT2D eigenvalue weighted by molar-refractivity contribution is 5.85. The molecular formula is C40H42O2. The second-order valence-corrected chi connectivity index (χ2v) is 11.8. The average molecular weight is 555 g/mol. The quantitative estimate of drug-likeness (QED) is 0.167. The van der Waals surface area contributed by atoms with Gasteiger partial charge in [0.25, 0.3) is 0 Å². The first-order valence-corrected chi connectivity index (χ1v) is 15.2. The second-order valence-electron chi connectivity index (χ2n) is 11.8. The summed E-state index contributed by atoms with van der Waals surface area (Å²) in [7, 11) is 0. The van der Waals surface area contributed by atoms with E-state index in [4.69, 9.17) is 0 Å². The summed E-state index contributed by atoms with van der Waals surface area (Å²) in [6, 6.07) is 41.4. The number of allylic oxidation sites excluding steroid dienone is 2. The van der Waals surface area contributed by atoms with Crippen molar-refractivity contribution < 1.29 is 9.90 Å². The Morgan fingerprint density at radius 3 is 1.86 bits per heavy atom. The number of hydrogen-bond donors (Lipinski definition) is 1. The summed E-state index contributed by atoms with van der Waals surface area (Å²) >= 11 is 0. The molecule has 1 aliphatic rings. The number of ketones is 1. The molecule has 1 fully saturated rings. The first-order valence-electron chi connectivity index (χ1n) is 15.2. The Morgan fingerprint density at radius 1 is 0.786 bits per heavy atom. The van der Waals surface area contributed by atoms with Gasteiger partial charge in [-0.15, -0.1) is 13.2 Å². The summed E-state index contributed by atoms with van der Waals surface area (Å²) in [6.45, 7) is 8.11. The minimum Gasteiger partial charge on any atom is -0.389 e. The van der Waals surface area contributed by atoms with Crippen molar-refractivity contribution in [2.75, 3.05) is 0 Å². The van der Waals surface area contributed by atoms with E-state index >= 15 is 0 Å². The van der Waals surface area contributed by atoms with Gasteiger partial charge >= 0.3 is 0 Å². The monoisotopic (exact) mass is 554 g/mol. The molecule has 4 aromatic carbocycles. The predicted octanol–water partition coefficient (Wildman–Crippen LogP) is 9.37. The van der Waals surface area contributed by atoms with E-state index in [1.165, 1.54) is 11.1 Å². The van der Waals surface area contributed by atoms with Crippen molar-refractivity contribution in [2.24, 2.45) is 5.92 Å². The standard InChI is InChI=1S/C40H42O2/c1-3-17-35(32-20-11-6-12-21-32)28-37(41)39-38(34-24-15-8-16-25-34)36(33-22-13-7-14-23-33)29-40(39,42)27-26-30(4-2)31-18-9-5-10-19-31/h3-16,18-25,30,35-36,38-39,42H,1-2,17,26-29H2/t30?,35?,36-,38-,39+,40+/m1/s1. The van der Waals surface area contributed by atoms with Gasteiger partial charge in [-0.3, -0.25) is 4.79 Å². The third kappa shape index (κ3) is 6.55. The van der Waals surface area contributed by atoms with Gasteiger partial charge < -0.3 is 5.11 Å². The summed E-state index contributed by atoms with van der Waals surface area (Å²) in [5.41, 5.74) is 3.46. The topological polar surface area (TPSA) is 37.3 Å². The summed E-state index contributed by atoms with van der Waals surface area (Å²) < 4.78 is 0. The normalized spacial score (nSPS) is 23.1. The first-order chi connectivity index (χ1) is 20.5. The Bertz CT molecular complexity index is 1430. The molecular weight excluding hydrogens is 512 g/mol. The van der Waals surface area contributed by atoms with Crippen LogP contribution in [0, 0.1) is 5.92 Å². The van der Waals surface area contributed by atoms with Gasteiger partial charge in [-0.1, -0.05) is 133 Å². The molecule has 2 heteroatoms. The summed E-state index contributed by atoms with van der Waals surface area (Å²) in [5.74, 6) is -0.350. The zero-order valence-corrected chi connectivity index (χ0v) is 24.4. The summed E-state index contributed by atoms with van der Waals surface area (Å²) in [6.07, 6.45) is 6.77. The van der Waals surface area contributed by atoms with Crippen molar-refractivity contribution in [2.45, 2.75) is 61.4 Å². The fraction of sp³-hybridized carbons (Fsp3) is 0.275. The van der Waals surface area contributed by atoms with Crippen molar-refractivity contribution in [3.8, 4) is 0 Å². The summed E-state index contributed by atoms with van der Waals surface area (Å²) in [4.78, 5) is 14.6. The van der Waals surface area contributed by atoms with Gasteiger partial charge in [0, 0.05) is 18.3 Å². The van der Waals surface area contributed by atoms with E-state index in [1.54, 1.807) is 0 Å². The number of rotatable bonds is 13. The number of Topliss-reactive ketones (excluding diaryl/α,β-unsaturated/α-hetero) is 1. The van der Waals surface area contributed by atoms with Crippen LogP contribution in [0.5, 0.6) is 0 Å². The van der Waals surface area contributed by atoms with Crippen LogP contribution in [0.2, 0.25) is 0 Å². The minimum atomic E-state index is -1.15. The third-order valence-electron chi connectivity index (χ3n) is 9.27. The Hall–Kier alpha value is -4.01. The van der Waals surface area contributed by atoms with Crippen molar-refractivity contribution >= 4 is 5.78 Å². The lowest BCUT2D eigenvalue weighted by atomic mass is 9.72.